The number of Topliss-reactive ketones (excluding diaryl/α,β-unsaturated/α-hetero) is 1. The molecule has 1 unspecified atom stereocenters. The number of rotatable bonds is 6. The average Bonchev–Trinajstić information content (AvgIpc) is 3.49. The van der Waals surface area contributed by atoms with Gasteiger partial charge in [-0.25, -0.2) is 0 Å². The van der Waals surface area contributed by atoms with Crippen molar-refractivity contribution in [2.24, 2.45) is 5.92 Å². The monoisotopic (exact) mass is 483 g/mol. The molecule has 5 nitrogen and oxygen atoms in total. The van der Waals surface area contributed by atoms with Crippen molar-refractivity contribution in [1.29, 1.82) is 0 Å². The normalized spacial score (nSPS) is 17.5. The number of aliphatic hydroxyl groups excluding tert-OH is 1. The molecule has 0 saturated carbocycles. The fourth-order valence-corrected chi connectivity index (χ4v) is 5.19. The maximum atomic E-state index is 13.5. The highest BCUT2D eigenvalue weighted by Gasteiger charge is 2.47. The van der Waals surface area contributed by atoms with Crippen molar-refractivity contribution in [3.63, 3.8) is 0 Å². The summed E-state index contributed by atoms with van der Waals surface area (Å²) in [6, 6.07) is 23.5. The molecular weight excluding hydrogens is 458 g/mol. The third-order valence-electron chi connectivity index (χ3n) is 5.97. The maximum Gasteiger partial charge on any atom is 0.300 e. The van der Waals surface area contributed by atoms with Gasteiger partial charge in [0.05, 0.1) is 17.9 Å². The molecule has 1 saturated heterocycles. The van der Waals surface area contributed by atoms with E-state index in [-0.39, 0.29) is 11.3 Å². The quantitative estimate of drug-likeness (QED) is 0.192. The molecule has 0 aliphatic carbocycles. The molecule has 1 atom stereocenters. The van der Waals surface area contributed by atoms with E-state index in [0.717, 1.165) is 15.6 Å². The number of benzene rings is 3. The number of nitrogens with zero attached hydrogens (tertiary/aromatic N) is 1. The molecule has 1 fully saturated rings. The van der Waals surface area contributed by atoms with E-state index in [2.05, 4.69) is 13.8 Å². The van der Waals surface area contributed by atoms with Crippen LogP contribution in [0.5, 0.6) is 5.75 Å². The number of amides is 1. The Morgan fingerprint density at radius 1 is 1.00 bits per heavy atom. The second-order valence-electron chi connectivity index (χ2n) is 8.92. The van der Waals surface area contributed by atoms with E-state index in [0.29, 0.717) is 29.5 Å². The van der Waals surface area contributed by atoms with Gasteiger partial charge in [-0.15, -0.1) is 11.3 Å². The zero-order valence-electron chi connectivity index (χ0n) is 19.5. The van der Waals surface area contributed by atoms with Crippen molar-refractivity contribution in [3.8, 4) is 5.75 Å². The number of anilines is 1. The van der Waals surface area contributed by atoms with Crippen LogP contribution in [0.15, 0.2) is 89.8 Å². The van der Waals surface area contributed by atoms with Gasteiger partial charge in [0.2, 0.25) is 0 Å². The lowest BCUT2D eigenvalue weighted by Gasteiger charge is -2.25. The lowest BCUT2D eigenvalue weighted by atomic mass is 9.99. The first-order chi connectivity index (χ1) is 17.0. The van der Waals surface area contributed by atoms with Gasteiger partial charge in [0.25, 0.3) is 11.7 Å². The van der Waals surface area contributed by atoms with E-state index in [4.69, 9.17) is 4.74 Å². The van der Waals surface area contributed by atoms with Gasteiger partial charge in [0.15, 0.2) is 0 Å². The molecule has 3 aromatic carbocycles. The fourth-order valence-electron chi connectivity index (χ4n) is 4.37. The van der Waals surface area contributed by atoms with Gasteiger partial charge in [-0.1, -0.05) is 68.4 Å². The minimum atomic E-state index is -0.735. The van der Waals surface area contributed by atoms with Gasteiger partial charge in [-0.3, -0.25) is 14.5 Å². The molecule has 176 valence electrons. The van der Waals surface area contributed by atoms with Crippen molar-refractivity contribution in [3.05, 3.63) is 100 Å². The van der Waals surface area contributed by atoms with E-state index in [1.54, 1.807) is 18.2 Å². The molecule has 2 heterocycles. The number of carbonyl (C=O) groups is 2. The molecule has 1 aliphatic rings. The van der Waals surface area contributed by atoms with Crippen molar-refractivity contribution in [2.75, 3.05) is 11.5 Å². The summed E-state index contributed by atoms with van der Waals surface area (Å²) in [6.45, 7) is 4.64. The van der Waals surface area contributed by atoms with E-state index >= 15 is 0 Å². The summed E-state index contributed by atoms with van der Waals surface area (Å²) >= 11 is 1.44. The summed E-state index contributed by atoms with van der Waals surface area (Å²) < 4.78 is 5.81. The fraction of sp³-hybridized carbons (Fsp3) is 0.172. The number of hydrogen-bond acceptors (Lipinski definition) is 5. The largest absolute Gasteiger partial charge is 0.507 e. The number of thiophene rings is 1. The Bertz CT molecular complexity index is 1430. The van der Waals surface area contributed by atoms with Crippen LogP contribution in [0.1, 0.15) is 30.3 Å². The van der Waals surface area contributed by atoms with Crippen LogP contribution in [-0.4, -0.2) is 23.4 Å². The van der Waals surface area contributed by atoms with Crippen LogP contribution in [0.2, 0.25) is 0 Å². The predicted molar refractivity (Wildman–Crippen MR) is 140 cm³/mol. The van der Waals surface area contributed by atoms with Crippen LogP contribution in [0.25, 0.3) is 16.5 Å². The van der Waals surface area contributed by atoms with Gasteiger partial charge in [0.1, 0.15) is 17.6 Å². The second kappa shape index (κ2) is 9.39. The van der Waals surface area contributed by atoms with Crippen molar-refractivity contribution >= 4 is 45.2 Å². The first kappa shape index (κ1) is 22.9. The molecule has 1 aliphatic heterocycles. The highest BCUT2D eigenvalue weighted by Crippen LogP contribution is 2.45. The number of ketones is 1. The molecule has 4 aromatic rings. The second-order valence-corrected chi connectivity index (χ2v) is 9.89. The lowest BCUT2D eigenvalue weighted by Crippen LogP contribution is -2.29. The minimum absolute atomic E-state index is 0.0754. The van der Waals surface area contributed by atoms with Crippen LogP contribution >= 0.6 is 11.3 Å². The molecule has 0 radical (unpaired) electrons. The minimum Gasteiger partial charge on any atom is -0.507 e. The Morgan fingerprint density at radius 3 is 2.54 bits per heavy atom. The highest BCUT2D eigenvalue weighted by atomic mass is 32.1. The summed E-state index contributed by atoms with van der Waals surface area (Å²) in [5, 5.41) is 15.1. The maximum absolute atomic E-state index is 13.5. The van der Waals surface area contributed by atoms with Crippen molar-refractivity contribution in [2.45, 2.75) is 19.9 Å². The van der Waals surface area contributed by atoms with Crippen LogP contribution in [0, 0.1) is 5.92 Å². The zero-order chi connectivity index (χ0) is 24.5. The SMILES string of the molecule is CC(C)COc1cccc(/C(O)=C2/C(=O)C(=O)N(c3cccc4ccccc34)C2c2cccs2)c1. The number of aliphatic hydroxyl groups is 1. The van der Waals surface area contributed by atoms with Crippen molar-refractivity contribution < 1.29 is 19.4 Å². The number of fused-ring (bicyclic) bond motifs is 1. The first-order valence-electron chi connectivity index (χ1n) is 11.5. The van der Waals surface area contributed by atoms with E-state index in [1.807, 2.05) is 66.0 Å². The molecule has 1 aromatic heterocycles. The predicted octanol–water partition coefficient (Wildman–Crippen LogP) is 6.56. The molecule has 5 rings (SSSR count). The van der Waals surface area contributed by atoms with Gasteiger partial charge in [-0.2, -0.15) is 0 Å². The Labute approximate surface area is 207 Å². The molecule has 1 N–H and O–H groups in total. The Kier molecular flexibility index (Phi) is 6.14. The Morgan fingerprint density at radius 2 is 1.77 bits per heavy atom. The average molecular weight is 484 g/mol. The van der Waals surface area contributed by atoms with E-state index in [1.165, 1.54) is 16.2 Å². The summed E-state index contributed by atoms with van der Waals surface area (Å²) in [6.07, 6.45) is 0. The Hall–Kier alpha value is -3.90. The van der Waals surface area contributed by atoms with E-state index < -0.39 is 17.7 Å². The van der Waals surface area contributed by atoms with Gasteiger partial charge >= 0.3 is 0 Å². The summed E-state index contributed by atoms with van der Waals surface area (Å²) in [5.74, 6) is -0.633. The molecule has 6 heteroatoms. The first-order valence-corrected chi connectivity index (χ1v) is 12.4. The third-order valence-corrected chi connectivity index (χ3v) is 6.90. The van der Waals surface area contributed by atoms with Gasteiger partial charge in [-0.05, 0) is 40.9 Å². The van der Waals surface area contributed by atoms with Crippen LogP contribution < -0.4 is 9.64 Å². The lowest BCUT2D eigenvalue weighted by molar-refractivity contribution is -0.132. The summed E-state index contributed by atoms with van der Waals surface area (Å²) in [4.78, 5) is 29.2. The van der Waals surface area contributed by atoms with Crippen molar-refractivity contribution in [1.82, 2.24) is 0 Å². The molecule has 35 heavy (non-hydrogen) atoms. The zero-order valence-corrected chi connectivity index (χ0v) is 20.3. The molecule has 0 bridgehead atoms. The van der Waals surface area contributed by atoms with E-state index in [9.17, 15) is 14.7 Å². The molecule has 0 spiro atoms. The van der Waals surface area contributed by atoms with Crippen LogP contribution in [-0.2, 0) is 9.59 Å². The standard InChI is InChI=1S/C29H25NO4S/c1-18(2)17-34-21-11-5-10-20(16-21)27(31)25-26(24-14-7-15-35-24)30(29(33)28(25)32)23-13-6-9-19-8-3-4-12-22(19)23/h3-16,18,26,31H,17H2,1-2H3/b27-25-. The van der Waals surface area contributed by atoms with Crippen LogP contribution in [0.3, 0.4) is 0 Å². The topological polar surface area (TPSA) is 66.8 Å². The number of ether oxygens (including phenoxy) is 1. The summed E-state index contributed by atoms with van der Waals surface area (Å²) in [7, 11) is 0. The van der Waals surface area contributed by atoms with Gasteiger partial charge < -0.3 is 9.84 Å². The van der Waals surface area contributed by atoms with Crippen LogP contribution in [0.4, 0.5) is 5.69 Å². The third kappa shape index (κ3) is 4.21. The molecule has 1 amide bonds. The summed E-state index contributed by atoms with van der Waals surface area (Å²) in [5.41, 5.74) is 1.15. The smallest absolute Gasteiger partial charge is 0.300 e. The number of hydrogen-bond donors (Lipinski definition) is 1. The number of carbonyl (C=O) groups excluding carboxylic acids is 2. The molecular formula is C29H25NO4S. The Balaban J connectivity index is 1.67. The highest BCUT2D eigenvalue weighted by molar-refractivity contribution is 7.10. The van der Waals surface area contributed by atoms with Gasteiger partial charge in [0, 0.05) is 15.8 Å².